The molecule has 0 radical (unpaired) electrons. The lowest BCUT2D eigenvalue weighted by Crippen LogP contribution is -2.38. The highest BCUT2D eigenvalue weighted by atomic mass is 16.6. The number of rotatable bonds is 7. The Morgan fingerprint density at radius 1 is 1.58 bits per heavy atom. The minimum absolute atomic E-state index is 0.0650. The van der Waals surface area contributed by atoms with Crippen LogP contribution in [0.15, 0.2) is 16.5 Å². The lowest BCUT2D eigenvalue weighted by Gasteiger charge is -2.23. The molecule has 2 rings (SSSR count). The van der Waals surface area contributed by atoms with E-state index in [2.05, 4.69) is 5.32 Å². The number of aliphatic hydroxyl groups excluding tert-OH is 1. The molecule has 7 heteroatoms. The van der Waals surface area contributed by atoms with Gasteiger partial charge < -0.3 is 14.8 Å². The zero-order valence-electron chi connectivity index (χ0n) is 10.7. The van der Waals surface area contributed by atoms with Crippen LogP contribution in [0.25, 0.3) is 0 Å². The van der Waals surface area contributed by atoms with Gasteiger partial charge in [0.05, 0.1) is 19.2 Å². The Labute approximate surface area is 111 Å². The molecule has 1 saturated heterocycles. The largest absolute Gasteiger partial charge is 0.433 e. The van der Waals surface area contributed by atoms with Gasteiger partial charge in [0.15, 0.2) is 0 Å². The molecular weight excluding hydrogens is 250 g/mol. The first kappa shape index (κ1) is 14.0. The maximum absolute atomic E-state index is 10.6. The quantitative estimate of drug-likeness (QED) is 0.560. The second-order valence-corrected chi connectivity index (χ2v) is 4.75. The van der Waals surface area contributed by atoms with Crippen LogP contribution in [0.5, 0.6) is 0 Å². The highest BCUT2D eigenvalue weighted by Gasteiger charge is 2.19. The van der Waals surface area contributed by atoms with Crippen LogP contribution in [-0.4, -0.2) is 47.2 Å². The molecule has 1 aromatic rings. The van der Waals surface area contributed by atoms with E-state index < -0.39 is 4.92 Å². The van der Waals surface area contributed by atoms with Crippen molar-refractivity contribution in [2.45, 2.75) is 25.4 Å². The summed E-state index contributed by atoms with van der Waals surface area (Å²) in [5.74, 6) is 0.316. The molecule has 0 saturated carbocycles. The lowest BCUT2D eigenvalue weighted by molar-refractivity contribution is -0.402. The average Bonchev–Trinajstić information content (AvgIpc) is 3.00. The molecule has 0 spiro atoms. The van der Waals surface area contributed by atoms with Crippen molar-refractivity contribution in [3.63, 3.8) is 0 Å². The zero-order chi connectivity index (χ0) is 13.7. The van der Waals surface area contributed by atoms with Crippen LogP contribution < -0.4 is 5.32 Å². The molecule has 0 aromatic carbocycles. The zero-order valence-corrected chi connectivity index (χ0v) is 10.7. The summed E-state index contributed by atoms with van der Waals surface area (Å²) < 4.78 is 5.14. The molecule has 0 amide bonds. The Balaban J connectivity index is 1.92. The molecule has 2 heterocycles. The number of hydrogen-bond donors (Lipinski definition) is 2. The van der Waals surface area contributed by atoms with Gasteiger partial charge in [-0.15, -0.1) is 0 Å². The molecular formula is C12H19N3O4. The summed E-state index contributed by atoms with van der Waals surface area (Å²) in [7, 11) is 0. The van der Waals surface area contributed by atoms with Crippen molar-refractivity contribution in [1.82, 2.24) is 10.2 Å². The standard InChI is InChI=1S/C12H19N3O4/c16-7-6-14(8-10-2-1-5-13-10)9-11-3-4-12(19-11)15(17)18/h3-4,10,13,16H,1-2,5-9H2. The predicted molar refractivity (Wildman–Crippen MR) is 68.7 cm³/mol. The van der Waals surface area contributed by atoms with Crippen LogP contribution in [0.3, 0.4) is 0 Å². The molecule has 1 aliphatic heterocycles. The Kier molecular flexibility index (Phi) is 4.89. The molecule has 7 nitrogen and oxygen atoms in total. The molecule has 1 aliphatic rings. The maximum Gasteiger partial charge on any atom is 0.433 e. The third kappa shape index (κ3) is 4.02. The van der Waals surface area contributed by atoms with E-state index in [1.54, 1.807) is 6.07 Å². The van der Waals surface area contributed by atoms with Crippen molar-refractivity contribution < 1.29 is 14.4 Å². The SMILES string of the molecule is O=[N+]([O-])c1ccc(CN(CCO)CC2CCCN2)o1. The minimum atomic E-state index is -0.543. The Morgan fingerprint density at radius 3 is 3.00 bits per heavy atom. The van der Waals surface area contributed by atoms with E-state index >= 15 is 0 Å². The Hall–Kier alpha value is -1.44. The first-order valence-electron chi connectivity index (χ1n) is 6.48. The van der Waals surface area contributed by atoms with Gasteiger partial charge in [0.2, 0.25) is 0 Å². The van der Waals surface area contributed by atoms with E-state index in [0.29, 0.717) is 24.9 Å². The summed E-state index contributed by atoms with van der Waals surface area (Å²) in [5, 5.41) is 23.0. The van der Waals surface area contributed by atoms with Gasteiger partial charge in [-0.05, 0) is 25.5 Å². The van der Waals surface area contributed by atoms with Gasteiger partial charge in [0.25, 0.3) is 0 Å². The summed E-state index contributed by atoms with van der Waals surface area (Å²) in [6.07, 6.45) is 2.30. The van der Waals surface area contributed by atoms with Gasteiger partial charge >= 0.3 is 5.88 Å². The summed E-state index contributed by atoms with van der Waals surface area (Å²) >= 11 is 0. The third-order valence-electron chi connectivity index (χ3n) is 3.26. The van der Waals surface area contributed by atoms with E-state index in [9.17, 15) is 10.1 Å². The van der Waals surface area contributed by atoms with Crippen molar-refractivity contribution in [1.29, 1.82) is 0 Å². The number of nitrogens with zero attached hydrogens (tertiary/aromatic N) is 2. The van der Waals surface area contributed by atoms with Crippen LogP contribution in [0.1, 0.15) is 18.6 Å². The van der Waals surface area contributed by atoms with Gasteiger partial charge in [-0.1, -0.05) is 0 Å². The molecule has 106 valence electrons. The maximum atomic E-state index is 10.6. The lowest BCUT2D eigenvalue weighted by atomic mass is 10.2. The van der Waals surface area contributed by atoms with Crippen molar-refractivity contribution in [3.05, 3.63) is 28.0 Å². The van der Waals surface area contributed by atoms with E-state index in [1.807, 2.05) is 4.90 Å². The van der Waals surface area contributed by atoms with E-state index in [1.165, 1.54) is 12.5 Å². The minimum Gasteiger partial charge on any atom is -0.404 e. The molecule has 19 heavy (non-hydrogen) atoms. The van der Waals surface area contributed by atoms with Crippen LogP contribution in [0.4, 0.5) is 5.88 Å². The smallest absolute Gasteiger partial charge is 0.404 e. The highest BCUT2D eigenvalue weighted by Crippen LogP contribution is 2.17. The van der Waals surface area contributed by atoms with Crippen molar-refractivity contribution in [2.75, 3.05) is 26.2 Å². The fourth-order valence-electron chi connectivity index (χ4n) is 2.37. The molecule has 1 fully saturated rings. The van der Waals surface area contributed by atoms with Gasteiger partial charge in [0, 0.05) is 19.1 Å². The van der Waals surface area contributed by atoms with Gasteiger partial charge in [0.1, 0.15) is 10.7 Å². The molecule has 0 bridgehead atoms. The molecule has 0 aliphatic carbocycles. The van der Waals surface area contributed by atoms with Gasteiger partial charge in [-0.2, -0.15) is 0 Å². The predicted octanol–water partition coefficient (Wildman–Crippen LogP) is 0.734. The Bertz CT molecular complexity index is 415. The van der Waals surface area contributed by atoms with Crippen LogP contribution >= 0.6 is 0 Å². The van der Waals surface area contributed by atoms with Crippen molar-refractivity contribution >= 4 is 5.88 Å². The molecule has 1 unspecified atom stereocenters. The summed E-state index contributed by atoms with van der Waals surface area (Å²) in [6.45, 7) is 2.92. The normalized spacial score (nSPS) is 19.2. The first-order chi connectivity index (χ1) is 9.19. The second-order valence-electron chi connectivity index (χ2n) is 4.75. The van der Waals surface area contributed by atoms with E-state index in [4.69, 9.17) is 9.52 Å². The first-order valence-corrected chi connectivity index (χ1v) is 6.48. The fourth-order valence-corrected chi connectivity index (χ4v) is 2.37. The molecule has 1 aromatic heterocycles. The van der Waals surface area contributed by atoms with Crippen LogP contribution in [0.2, 0.25) is 0 Å². The third-order valence-corrected chi connectivity index (χ3v) is 3.26. The second kappa shape index (κ2) is 6.65. The monoisotopic (exact) mass is 269 g/mol. The molecule has 2 N–H and O–H groups in total. The average molecular weight is 269 g/mol. The summed E-state index contributed by atoms with van der Waals surface area (Å²) in [4.78, 5) is 12.1. The number of nitro groups is 1. The van der Waals surface area contributed by atoms with E-state index in [-0.39, 0.29) is 12.5 Å². The van der Waals surface area contributed by atoms with Crippen molar-refractivity contribution in [3.8, 4) is 0 Å². The van der Waals surface area contributed by atoms with Crippen LogP contribution in [0, 0.1) is 10.1 Å². The Morgan fingerprint density at radius 2 is 2.42 bits per heavy atom. The van der Waals surface area contributed by atoms with Crippen molar-refractivity contribution in [2.24, 2.45) is 0 Å². The van der Waals surface area contributed by atoms with Crippen LogP contribution in [-0.2, 0) is 6.54 Å². The number of nitrogens with one attached hydrogen (secondary N) is 1. The fraction of sp³-hybridized carbons (Fsp3) is 0.667. The summed E-state index contributed by atoms with van der Waals surface area (Å²) in [6, 6.07) is 3.40. The van der Waals surface area contributed by atoms with E-state index in [0.717, 1.165) is 19.5 Å². The van der Waals surface area contributed by atoms with Gasteiger partial charge in [-0.3, -0.25) is 15.0 Å². The molecule has 1 atom stereocenters. The number of hydrogen-bond acceptors (Lipinski definition) is 6. The number of aliphatic hydroxyl groups is 1. The van der Waals surface area contributed by atoms with Gasteiger partial charge in [-0.25, -0.2) is 0 Å². The summed E-state index contributed by atoms with van der Waals surface area (Å²) in [5.41, 5.74) is 0. The highest BCUT2D eigenvalue weighted by molar-refractivity contribution is 5.17. The topological polar surface area (TPSA) is 91.8 Å². The number of furan rings is 1.